The highest BCUT2D eigenvalue weighted by molar-refractivity contribution is 4.50. The number of hydrogen-bond donors (Lipinski definition) is 2. The minimum Gasteiger partial charge on any atom is -0.328 e. The summed E-state index contributed by atoms with van der Waals surface area (Å²) in [6.45, 7) is 8.47. The van der Waals surface area contributed by atoms with E-state index in [9.17, 15) is 0 Å². The Morgan fingerprint density at radius 1 is 0.800 bits per heavy atom. The van der Waals surface area contributed by atoms with Crippen LogP contribution in [0.4, 0.5) is 0 Å². The van der Waals surface area contributed by atoms with Crippen molar-refractivity contribution in [2.75, 3.05) is 0 Å². The van der Waals surface area contributed by atoms with Crippen molar-refractivity contribution in [1.82, 2.24) is 0 Å². The molecule has 0 amide bonds. The molecule has 4 N–H and O–H groups in total. The van der Waals surface area contributed by atoms with E-state index in [-0.39, 0.29) is 7.43 Å². The Morgan fingerprint density at radius 3 is 1.13 bits per heavy atom. The smallest absolute Gasteiger partial charge is 0.00104 e. The fourth-order valence-electron chi connectivity index (χ4n) is 1.05. The summed E-state index contributed by atoms with van der Waals surface area (Å²) in [7, 11) is 0. The van der Waals surface area contributed by atoms with E-state index in [1.165, 1.54) is 38.5 Å². The summed E-state index contributed by atoms with van der Waals surface area (Å²) in [6.07, 6.45) is 7.44. The predicted octanol–water partition coefficient (Wildman–Crippen LogP) is 3.68. The molecule has 0 saturated carbocycles. The van der Waals surface area contributed by atoms with Crippen LogP contribution in [-0.2, 0) is 0 Å². The van der Waals surface area contributed by atoms with Crippen molar-refractivity contribution in [3.05, 3.63) is 0 Å². The van der Waals surface area contributed by atoms with E-state index in [4.69, 9.17) is 11.5 Å². The normalized spacial score (nSPS) is 13.2. The monoisotopic (exact) mass is 218 g/mol. The summed E-state index contributed by atoms with van der Waals surface area (Å²) in [6, 6.07) is 0.805. The van der Waals surface area contributed by atoms with E-state index in [0.29, 0.717) is 12.1 Å². The molecule has 2 heteroatoms. The topological polar surface area (TPSA) is 52.0 Å². The van der Waals surface area contributed by atoms with Crippen LogP contribution in [0.15, 0.2) is 0 Å². The largest absolute Gasteiger partial charge is 0.328 e. The molecule has 0 fully saturated rings. The van der Waals surface area contributed by atoms with E-state index >= 15 is 0 Å². The van der Waals surface area contributed by atoms with E-state index in [2.05, 4.69) is 27.7 Å². The maximum absolute atomic E-state index is 5.48. The van der Waals surface area contributed by atoms with Gasteiger partial charge in [0.15, 0.2) is 0 Å². The Balaban J connectivity index is -0.000000180. The summed E-state index contributed by atoms with van der Waals surface area (Å²) in [4.78, 5) is 0. The highest BCUT2D eigenvalue weighted by atomic mass is 14.6. The molecule has 0 saturated heterocycles. The van der Waals surface area contributed by atoms with Gasteiger partial charge in [0.25, 0.3) is 0 Å². The Labute approximate surface area is 97.8 Å². The van der Waals surface area contributed by atoms with Gasteiger partial charge in [0.05, 0.1) is 0 Å². The maximum Gasteiger partial charge on any atom is 0.00104 e. The van der Waals surface area contributed by atoms with Crippen LogP contribution < -0.4 is 11.5 Å². The molecule has 2 atom stereocenters. The van der Waals surface area contributed by atoms with Gasteiger partial charge in [-0.3, -0.25) is 0 Å². The van der Waals surface area contributed by atoms with Crippen LogP contribution in [-0.4, -0.2) is 12.1 Å². The highest BCUT2D eigenvalue weighted by Crippen LogP contribution is 1.95. The summed E-state index contributed by atoms with van der Waals surface area (Å²) in [5, 5.41) is 0. The van der Waals surface area contributed by atoms with Gasteiger partial charge in [-0.15, -0.1) is 0 Å². The molecule has 2 unspecified atom stereocenters. The van der Waals surface area contributed by atoms with E-state index in [0.717, 1.165) is 0 Å². The fraction of sp³-hybridized carbons (Fsp3) is 1.00. The van der Waals surface area contributed by atoms with Gasteiger partial charge in [0.1, 0.15) is 0 Å². The van der Waals surface area contributed by atoms with Crippen LogP contribution >= 0.6 is 0 Å². The fourth-order valence-corrected chi connectivity index (χ4v) is 1.05. The zero-order valence-corrected chi connectivity index (χ0v) is 10.6. The lowest BCUT2D eigenvalue weighted by atomic mass is 10.2. The van der Waals surface area contributed by atoms with E-state index in [1.54, 1.807) is 0 Å². The van der Waals surface area contributed by atoms with Gasteiger partial charge in [-0.05, 0) is 26.7 Å². The molecule has 96 valence electrons. The number of nitrogens with two attached hydrogens (primary N) is 2. The first kappa shape index (κ1) is 20.3. The molecule has 2 nitrogen and oxygen atoms in total. The maximum atomic E-state index is 5.48. The highest BCUT2D eigenvalue weighted by Gasteiger charge is 1.89. The summed E-state index contributed by atoms with van der Waals surface area (Å²) >= 11 is 0. The van der Waals surface area contributed by atoms with Gasteiger partial charge < -0.3 is 11.5 Å². The third-order valence-corrected chi connectivity index (χ3v) is 2.03. The lowest BCUT2D eigenvalue weighted by Crippen LogP contribution is -2.13. The Bertz CT molecular complexity index is 78.5. The number of hydrogen-bond acceptors (Lipinski definition) is 2. The van der Waals surface area contributed by atoms with Gasteiger partial charge in [-0.2, -0.15) is 0 Å². The summed E-state index contributed by atoms with van der Waals surface area (Å²) in [5.41, 5.74) is 11.0. The second-order valence-electron chi connectivity index (χ2n) is 4.24. The van der Waals surface area contributed by atoms with Gasteiger partial charge in [0.2, 0.25) is 0 Å². The quantitative estimate of drug-likeness (QED) is 0.714. The molecule has 0 aromatic carbocycles. The third kappa shape index (κ3) is 31.5. The Hall–Kier alpha value is -0.0800. The SMILES string of the molecule is C.CCCCC(C)N.CCCCC(C)N. The third-order valence-electron chi connectivity index (χ3n) is 2.03. The minimum absolute atomic E-state index is 0. The standard InChI is InChI=1S/2C6H15N.CH4/c2*1-3-4-5-6(2)7;/h2*6H,3-5,7H2,1-2H3;1H4. The predicted molar refractivity (Wildman–Crippen MR) is 73.1 cm³/mol. The molecule has 0 aliphatic heterocycles. The van der Waals surface area contributed by atoms with E-state index in [1.807, 2.05) is 0 Å². The van der Waals surface area contributed by atoms with Crippen LogP contribution in [0.3, 0.4) is 0 Å². The van der Waals surface area contributed by atoms with Gasteiger partial charge in [-0.25, -0.2) is 0 Å². The van der Waals surface area contributed by atoms with Crippen LogP contribution in [0.2, 0.25) is 0 Å². The molecule has 0 heterocycles. The van der Waals surface area contributed by atoms with Gasteiger partial charge in [-0.1, -0.05) is 47.0 Å². The van der Waals surface area contributed by atoms with Gasteiger partial charge >= 0.3 is 0 Å². The van der Waals surface area contributed by atoms with Crippen molar-refractivity contribution >= 4 is 0 Å². The molecule has 0 rings (SSSR count). The number of rotatable bonds is 6. The van der Waals surface area contributed by atoms with Crippen molar-refractivity contribution < 1.29 is 0 Å². The lowest BCUT2D eigenvalue weighted by molar-refractivity contribution is 0.616. The first-order valence-electron chi connectivity index (χ1n) is 6.05. The molecular formula is C13H34N2. The molecule has 15 heavy (non-hydrogen) atoms. The van der Waals surface area contributed by atoms with Crippen LogP contribution in [0.1, 0.15) is 73.6 Å². The van der Waals surface area contributed by atoms with Gasteiger partial charge in [0, 0.05) is 12.1 Å². The first-order valence-corrected chi connectivity index (χ1v) is 6.05. The second-order valence-corrected chi connectivity index (χ2v) is 4.24. The molecule has 0 radical (unpaired) electrons. The summed E-state index contributed by atoms with van der Waals surface area (Å²) < 4.78 is 0. The first-order chi connectivity index (χ1) is 6.54. The Morgan fingerprint density at radius 2 is 1.07 bits per heavy atom. The van der Waals surface area contributed by atoms with Crippen molar-refractivity contribution in [3.63, 3.8) is 0 Å². The van der Waals surface area contributed by atoms with Crippen molar-refractivity contribution in [3.8, 4) is 0 Å². The van der Waals surface area contributed by atoms with E-state index < -0.39 is 0 Å². The minimum atomic E-state index is 0. The second kappa shape index (κ2) is 16.4. The average molecular weight is 218 g/mol. The van der Waals surface area contributed by atoms with Crippen LogP contribution in [0.5, 0.6) is 0 Å². The zero-order chi connectivity index (χ0) is 11.4. The van der Waals surface area contributed by atoms with Crippen molar-refractivity contribution in [1.29, 1.82) is 0 Å². The Kier molecular flexibility index (Phi) is 22.2. The molecule has 0 bridgehead atoms. The average Bonchev–Trinajstić information content (AvgIpc) is 2.12. The number of unbranched alkanes of at least 4 members (excludes halogenated alkanes) is 2. The molecule has 0 aliphatic carbocycles. The van der Waals surface area contributed by atoms with Crippen LogP contribution in [0, 0.1) is 0 Å². The zero-order valence-electron chi connectivity index (χ0n) is 10.6. The van der Waals surface area contributed by atoms with Crippen molar-refractivity contribution in [2.24, 2.45) is 11.5 Å². The lowest BCUT2D eigenvalue weighted by Gasteiger charge is -1.99. The molecule has 0 aromatic heterocycles. The molecule has 0 spiro atoms. The molecular weight excluding hydrogens is 184 g/mol. The van der Waals surface area contributed by atoms with Crippen LogP contribution in [0.25, 0.3) is 0 Å². The summed E-state index contributed by atoms with van der Waals surface area (Å²) in [5.74, 6) is 0. The molecule has 0 aliphatic rings. The molecule has 0 aromatic rings. The van der Waals surface area contributed by atoms with Crippen molar-refractivity contribution in [2.45, 2.75) is 85.7 Å².